The van der Waals surface area contributed by atoms with E-state index >= 15 is 0 Å². The predicted molar refractivity (Wildman–Crippen MR) is 122 cm³/mol. The van der Waals surface area contributed by atoms with Gasteiger partial charge in [-0.3, -0.25) is 9.59 Å². The summed E-state index contributed by atoms with van der Waals surface area (Å²) in [6.45, 7) is 0. The molecule has 166 valence electrons. The Balaban J connectivity index is 1.47. The van der Waals surface area contributed by atoms with Crippen molar-refractivity contribution in [3.05, 3.63) is 58.1 Å². The maximum atomic E-state index is 13.3. The topological polar surface area (TPSA) is 98.5 Å². The highest BCUT2D eigenvalue weighted by atomic mass is 16.5. The number of rotatable bonds is 3. The Labute approximate surface area is 187 Å². The third-order valence-electron chi connectivity index (χ3n) is 7.49. The van der Waals surface area contributed by atoms with Crippen LogP contribution in [0.5, 0.6) is 0 Å². The number of hydrogen-bond acceptors (Lipinski definition) is 6. The molecule has 0 aromatic heterocycles. The van der Waals surface area contributed by atoms with Gasteiger partial charge in [-0.15, -0.1) is 0 Å². The molecule has 2 aromatic carbocycles. The lowest BCUT2D eigenvalue weighted by molar-refractivity contribution is -0.000833. The molecule has 0 heterocycles. The number of ketones is 2. The maximum Gasteiger partial charge on any atom is 0.340 e. The van der Waals surface area contributed by atoms with Crippen LogP contribution in [-0.2, 0) is 4.74 Å². The molecule has 0 radical (unpaired) electrons. The van der Waals surface area contributed by atoms with Gasteiger partial charge in [0.1, 0.15) is 6.10 Å². The van der Waals surface area contributed by atoms with Crippen LogP contribution >= 0.6 is 0 Å². The van der Waals surface area contributed by atoms with Crippen molar-refractivity contribution in [2.75, 3.05) is 18.1 Å². The van der Waals surface area contributed by atoms with Gasteiger partial charge in [0.05, 0.1) is 22.4 Å². The van der Waals surface area contributed by atoms with Gasteiger partial charge in [0.15, 0.2) is 11.6 Å². The van der Waals surface area contributed by atoms with Crippen molar-refractivity contribution in [3.8, 4) is 0 Å². The summed E-state index contributed by atoms with van der Waals surface area (Å²) in [6, 6.07) is 8.23. The summed E-state index contributed by atoms with van der Waals surface area (Å²) in [5, 5.41) is 2.96. The minimum Gasteiger partial charge on any atom is -0.459 e. The Kier molecular flexibility index (Phi) is 5.24. The van der Waals surface area contributed by atoms with Gasteiger partial charge in [-0.1, -0.05) is 49.9 Å². The van der Waals surface area contributed by atoms with Crippen LogP contribution in [0.1, 0.15) is 87.1 Å². The molecule has 6 heteroatoms. The number of carbonyl (C=O) groups is 3. The predicted octanol–water partition coefficient (Wildman–Crippen LogP) is 4.60. The first-order valence-electron chi connectivity index (χ1n) is 11.5. The molecule has 3 unspecified atom stereocenters. The van der Waals surface area contributed by atoms with Crippen molar-refractivity contribution in [3.63, 3.8) is 0 Å². The highest BCUT2D eigenvalue weighted by Gasteiger charge is 2.37. The van der Waals surface area contributed by atoms with Gasteiger partial charge in [-0.05, 0) is 37.2 Å². The summed E-state index contributed by atoms with van der Waals surface area (Å²) in [7, 11) is 1.66. The number of ether oxygens (including phenoxy) is 1. The zero-order valence-electron chi connectivity index (χ0n) is 18.3. The van der Waals surface area contributed by atoms with E-state index in [4.69, 9.17) is 10.5 Å². The number of benzene rings is 2. The van der Waals surface area contributed by atoms with Gasteiger partial charge in [-0.2, -0.15) is 0 Å². The quantitative estimate of drug-likeness (QED) is 0.464. The summed E-state index contributed by atoms with van der Waals surface area (Å²) in [5.41, 5.74) is 7.87. The summed E-state index contributed by atoms with van der Waals surface area (Å²) in [5.74, 6) is 0.232. The standard InChI is InChI=1S/C26H28N2O4/c1-28-20-13-19(26(31)32-16-11-10-14-6-2-3-7-15(14)12-16)23(27)22-21(20)24(29)17-8-4-5-9-18(17)25(22)30/h4-5,8-9,13-16,28H,2-3,6-7,10-12,27H2,1H3. The van der Waals surface area contributed by atoms with Gasteiger partial charge in [-0.25, -0.2) is 4.79 Å². The van der Waals surface area contributed by atoms with Crippen LogP contribution in [0.4, 0.5) is 11.4 Å². The van der Waals surface area contributed by atoms with Crippen molar-refractivity contribution in [1.29, 1.82) is 0 Å². The number of nitrogen functional groups attached to an aromatic ring is 1. The second-order valence-corrected chi connectivity index (χ2v) is 9.23. The SMILES string of the molecule is CNc1cc(C(=O)OC2CCC3CCCCC3C2)c(N)c2c1C(=O)c1ccccc1C2=O. The van der Waals surface area contributed by atoms with E-state index < -0.39 is 5.97 Å². The van der Waals surface area contributed by atoms with E-state index in [2.05, 4.69) is 5.32 Å². The molecule has 0 bridgehead atoms. The summed E-state index contributed by atoms with van der Waals surface area (Å²) in [4.78, 5) is 39.6. The van der Waals surface area contributed by atoms with Crippen LogP contribution in [0.25, 0.3) is 0 Å². The zero-order valence-corrected chi connectivity index (χ0v) is 18.3. The molecule has 0 amide bonds. The fourth-order valence-corrected chi connectivity index (χ4v) is 5.84. The van der Waals surface area contributed by atoms with Crippen molar-refractivity contribution in [2.45, 2.75) is 51.0 Å². The van der Waals surface area contributed by atoms with E-state index in [1.807, 2.05) is 0 Å². The molecule has 0 aliphatic heterocycles. The third kappa shape index (κ3) is 3.29. The minimum atomic E-state index is -0.528. The number of fused-ring (bicyclic) bond motifs is 3. The van der Waals surface area contributed by atoms with Gasteiger partial charge in [0.2, 0.25) is 0 Å². The molecular formula is C26H28N2O4. The Morgan fingerprint density at radius 1 is 0.969 bits per heavy atom. The Morgan fingerprint density at radius 2 is 1.62 bits per heavy atom. The molecule has 2 saturated carbocycles. The first kappa shape index (κ1) is 20.7. The molecule has 6 nitrogen and oxygen atoms in total. The van der Waals surface area contributed by atoms with Gasteiger partial charge in [0.25, 0.3) is 0 Å². The lowest BCUT2D eigenvalue weighted by Crippen LogP contribution is -2.33. The molecule has 3 aliphatic carbocycles. The number of nitrogens with one attached hydrogen (secondary N) is 1. The van der Waals surface area contributed by atoms with Crippen molar-refractivity contribution < 1.29 is 19.1 Å². The molecule has 5 rings (SSSR count). The smallest absolute Gasteiger partial charge is 0.340 e. The van der Waals surface area contributed by atoms with E-state index in [0.717, 1.165) is 25.2 Å². The average molecular weight is 433 g/mol. The fourth-order valence-electron chi connectivity index (χ4n) is 5.84. The summed E-state index contributed by atoms with van der Waals surface area (Å²) < 4.78 is 5.89. The number of esters is 1. The highest BCUT2D eigenvalue weighted by Crippen LogP contribution is 2.42. The lowest BCUT2D eigenvalue weighted by Gasteiger charge is -2.38. The minimum absolute atomic E-state index is 0.0169. The number of nitrogens with two attached hydrogens (primary N) is 1. The van der Waals surface area contributed by atoms with E-state index in [0.29, 0.717) is 22.7 Å². The first-order valence-corrected chi connectivity index (χ1v) is 11.5. The van der Waals surface area contributed by atoms with Gasteiger partial charge >= 0.3 is 5.97 Å². The normalized spacial score (nSPS) is 24.2. The largest absolute Gasteiger partial charge is 0.459 e. The molecular weight excluding hydrogens is 404 g/mol. The van der Waals surface area contributed by atoms with E-state index in [-0.39, 0.29) is 40.0 Å². The highest BCUT2D eigenvalue weighted by molar-refractivity contribution is 6.32. The van der Waals surface area contributed by atoms with Crippen LogP contribution in [-0.4, -0.2) is 30.7 Å². The molecule has 2 fully saturated rings. The first-order chi connectivity index (χ1) is 15.5. The molecule has 2 aromatic rings. The molecule has 32 heavy (non-hydrogen) atoms. The number of hydrogen-bond donors (Lipinski definition) is 2. The van der Waals surface area contributed by atoms with Crippen LogP contribution in [0.15, 0.2) is 30.3 Å². The second-order valence-electron chi connectivity index (χ2n) is 9.23. The number of carbonyl (C=O) groups excluding carboxylic acids is 3. The number of anilines is 2. The maximum absolute atomic E-state index is 13.3. The van der Waals surface area contributed by atoms with E-state index in [9.17, 15) is 14.4 Å². The molecule has 3 atom stereocenters. The fraction of sp³-hybridized carbons (Fsp3) is 0.423. The lowest BCUT2D eigenvalue weighted by atomic mass is 9.70. The van der Waals surface area contributed by atoms with Crippen LogP contribution in [0.3, 0.4) is 0 Å². The second kappa shape index (κ2) is 8.08. The Bertz CT molecular complexity index is 1120. The molecule has 3 aliphatic rings. The Morgan fingerprint density at radius 3 is 2.31 bits per heavy atom. The van der Waals surface area contributed by atoms with Crippen molar-refractivity contribution in [2.24, 2.45) is 11.8 Å². The molecule has 0 spiro atoms. The van der Waals surface area contributed by atoms with Crippen molar-refractivity contribution >= 4 is 28.9 Å². The summed E-state index contributed by atoms with van der Waals surface area (Å²) >= 11 is 0. The van der Waals surface area contributed by atoms with Gasteiger partial charge in [0, 0.05) is 23.9 Å². The van der Waals surface area contributed by atoms with E-state index in [1.54, 1.807) is 37.4 Å². The van der Waals surface area contributed by atoms with Crippen LogP contribution in [0, 0.1) is 11.8 Å². The monoisotopic (exact) mass is 432 g/mol. The average Bonchev–Trinajstić information content (AvgIpc) is 2.82. The summed E-state index contributed by atoms with van der Waals surface area (Å²) in [6.07, 6.45) is 7.77. The van der Waals surface area contributed by atoms with Crippen LogP contribution in [0.2, 0.25) is 0 Å². The van der Waals surface area contributed by atoms with Gasteiger partial charge < -0.3 is 15.8 Å². The van der Waals surface area contributed by atoms with E-state index in [1.165, 1.54) is 25.7 Å². The zero-order chi connectivity index (χ0) is 22.4. The Hall–Kier alpha value is -3.15. The molecule has 3 N–H and O–H groups in total. The third-order valence-corrected chi connectivity index (χ3v) is 7.49. The van der Waals surface area contributed by atoms with Crippen molar-refractivity contribution in [1.82, 2.24) is 0 Å². The van der Waals surface area contributed by atoms with Crippen LogP contribution < -0.4 is 11.1 Å². The molecule has 0 saturated heterocycles.